The number of unbranched alkanes of at least 4 members (excludes halogenated alkanes) is 1. The van der Waals surface area contributed by atoms with Crippen LogP contribution in [0.5, 0.6) is 0 Å². The quantitative estimate of drug-likeness (QED) is 0.0989. The van der Waals surface area contributed by atoms with E-state index in [-0.39, 0.29) is 19.6 Å². The zero-order chi connectivity index (χ0) is 22.9. The summed E-state index contributed by atoms with van der Waals surface area (Å²) in [5.41, 5.74) is -1.61. The van der Waals surface area contributed by atoms with Crippen LogP contribution in [-0.4, -0.2) is 64.6 Å². The minimum absolute atomic E-state index is 0.0197. The van der Waals surface area contributed by atoms with Crippen molar-refractivity contribution in [2.24, 2.45) is 0 Å². The van der Waals surface area contributed by atoms with Gasteiger partial charge < -0.3 is 19.3 Å². The van der Waals surface area contributed by atoms with Crippen molar-refractivity contribution in [2.75, 3.05) is 13.2 Å². The van der Waals surface area contributed by atoms with Crippen molar-refractivity contribution in [1.29, 1.82) is 0 Å². The highest BCUT2D eigenvalue weighted by molar-refractivity contribution is 6.13. The van der Waals surface area contributed by atoms with Gasteiger partial charge in [0.05, 0.1) is 6.61 Å². The molecule has 1 rings (SSSR count). The molecule has 0 aromatic heterocycles. The number of nitrogens with zero attached hydrogens (tertiary/aromatic N) is 1. The number of rotatable bonds is 11. The molecule has 1 heterocycles. The first-order valence-electron chi connectivity index (χ1n) is 9.48. The lowest BCUT2D eigenvalue weighted by Gasteiger charge is -2.24. The van der Waals surface area contributed by atoms with Crippen LogP contribution >= 0.6 is 0 Å². The molecule has 0 radical (unpaired) electrons. The van der Waals surface area contributed by atoms with Crippen molar-refractivity contribution in [3.05, 3.63) is 24.0 Å². The second-order valence-corrected chi connectivity index (χ2v) is 7.38. The van der Waals surface area contributed by atoms with Crippen LogP contribution in [0.25, 0.3) is 0 Å². The number of carbonyl (C=O) groups excluding carboxylic acids is 4. The number of amides is 2. The van der Waals surface area contributed by atoms with Crippen LogP contribution in [0.15, 0.2) is 24.0 Å². The number of esters is 2. The molecule has 0 fully saturated rings. The van der Waals surface area contributed by atoms with E-state index in [0.717, 1.165) is 11.2 Å². The maximum atomic E-state index is 12.4. The average molecular weight is 425 g/mol. The minimum atomic E-state index is -1.56. The van der Waals surface area contributed by atoms with Gasteiger partial charge in [0, 0.05) is 18.7 Å². The molecule has 0 aromatic carbocycles. The number of carbonyl (C=O) groups is 5. The summed E-state index contributed by atoms with van der Waals surface area (Å²) < 4.78 is 15.2. The van der Waals surface area contributed by atoms with Gasteiger partial charge in [-0.05, 0) is 47.0 Å². The van der Waals surface area contributed by atoms with Gasteiger partial charge in [-0.15, -0.1) is 0 Å². The van der Waals surface area contributed by atoms with Crippen molar-refractivity contribution in [3.8, 4) is 0 Å². The lowest BCUT2D eigenvalue weighted by Crippen LogP contribution is -2.36. The Bertz CT molecular complexity index is 728. The summed E-state index contributed by atoms with van der Waals surface area (Å²) in [5.74, 6) is -4.45. The van der Waals surface area contributed by atoms with Crippen molar-refractivity contribution in [1.82, 2.24) is 4.90 Å². The first kappa shape index (κ1) is 24.9. The van der Waals surface area contributed by atoms with Crippen LogP contribution < -0.4 is 0 Å². The lowest BCUT2D eigenvalue weighted by atomic mass is 10.1. The summed E-state index contributed by atoms with van der Waals surface area (Å²) in [6, 6.07) is 0. The number of imide groups is 1. The molecular formula is C20H27NO9. The molecule has 0 spiro atoms. The van der Waals surface area contributed by atoms with Crippen molar-refractivity contribution in [3.63, 3.8) is 0 Å². The van der Waals surface area contributed by atoms with Gasteiger partial charge in [-0.3, -0.25) is 14.5 Å². The monoisotopic (exact) mass is 425 g/mol. The molecule has 10 nitrogen and oxygen atoms in total. The molecule has 0 saturated carbocycles. The maximum Gasteiger partial charge on any atom is 0.349 e. The van der Waals surface area contributed by atoms with Crippen LogP contribution in [0.1, 0.15) is 47.0 Å². The molecule has 1 N–H and O–H groups in total. The average Bonchev–Trinajstić information content (AvgIpc) is 2.94. The second kappa shape index (κ2) is 11.1. The highest BCUT2D eigenvalue weighted by atomic mass is 16.6. The smallest absolute Gasteiger partial charge is 0.349 e. The third-order valence-electron chi connectivity index (χ3n) is 3.74. The minimum Gasteiger partial charge on any atom is -0.500 e. The van der Waals surface area contributed by atoms with Gasteiger partial charge in [0.2, 0.25) is 0 Å². The first-order chi connectivity index (χ1) is 14.0. The fourth-order valence-electron chi connectivity index (χ4n) is 2.39. The third kappa shape index (κ3) is 8.06. The van der Waals surface area contributed by atoms with E-state index in [4.69, 9.17) is 19.3 Å². The van der Waals surface area contributed by atoms with E-state index in [1.54, 1.807) is 27.7 Å². The van der Waals surface area contributed by atoms with E-state index in [0.29, 0.717) is 12.8 Å². The van der Waals surface area contributed by atoms with Gasteiger partial charge in [-0.25, -0.2) is 14.4 Å². The number of carboxylic acid groups (broad SMARTS) is 1. The summed E-state index contributed by atoms with van der Waals surface area (Å²) >= 11 is 0. The van der Waals surface area contributed by atoms with E-state index >= 15 is 0 Å². The Morgan fingerprint density at radius 2 is 1.73 bits per heavy atom. The molecule has 166 valence electrons. The predicted molar refractivity (Wildman–Crippen MR) is 103 cm³/mol. The second-order valence-electron chi connectivity index (χ2n) is 7.38. The number of aliphatic carboxylic acids is 1. The molecule has 0 aromatic rings. The predicted octanol–water partition coefficient (Wildman–Crippen LogP) is 1.34. The van der Waals surface area contributed by atoms with Gasteiger partial charge in [0.1, 0.15) is 11.9 Å². The molecule has 0 saturated heterocycles. The highest BCUT2D eigenvalue weighted by Crippen LogP contribution is 2.16. The molecular weight excluding hydrogens is 398 g/mol. The summed E-state index contributed by atoms with van der Waals surface area (Å²) in [7, 11) is 0. The van der Waals surface area contributed by atoms with E-state index in [1.165, 1.54) is 12.2 Å². The Kier molecular flexibility index (Phi) is 9.22. The Balaban J connectivity index is 2.77. The molecule has 10 heteroatoms. The van der Waals surface area contributed by atoms with Crippen LogP contribution in [-0.2, 0) is 38.2 Å². The van der Waals surface area contributed by atoms with Crippen LogP contribution in [0.2, 0.25) is 0 Å². The molecule has 1 aliphatic heterocycles. The summed E-state index contributed by atoms with van der Waals surface area (Å²) in [5, 5.41) is 9.15. The van der Waals surface area contributed by atoms with Crippen LogP contribution in [0, 0.1) is 0 Å². The maximum absolute atomic E-state index is 12.4. The Morgan fingerprint density at radius 3 is 2.23 bits per heavy atom. The van der Waals surface area contributed by atoms with Crippen LogP contribution in [0.4, 0.5) is 0 Å². The Labute approximate surface area is 174 Å². The molecule has 2 amide bonds. The van der Waals surface area contributed by atoms with Crippen molar-refractivity contribution >= 4 is 29.7 Å². The van der Waals surface area contributed by atoms with Gasteiger partial charge in [-0.2, -0.15) is 0 Å². The zero-order valence-corrected chi connectivity index (χ0v) is 17.5. The topological polar surface area (TPSA) is 137 Å². The number of hydrogen-bond acceptors (Lipinski definition) is 8. The van der Waals surface area contributed by atoms with E-state index < -0.39 is 47.0 Å². The summed E-state index contributed by atoms with van der Waals surface area (Å²) in [6.07, 6.45) is 2.43. The molecule has 1 unspecified atom stereocenters. The fourth-order valence-corrected chi connectivity index (χ4v) is 2.39. The Hall–Kier alpha value is -3.17. The zero-order valence-electron chi connectivity index (χ0n) is 17.5. The van der Waals surface area contributed by atoms with Crippen LogP contribution in [0.3, 0.4) is 0 Å². The first-order valence-corrected chi connectivity index (χ1v) is 9.48. The number of carboxylic acids is 1. The van der Waals surface area contributed by atoms with Gasteiger partial charge in [-0.1, -0.05) is 0 Å². The molecule has 0 aliphatic carbocycles. The van der Waals surface area contributed by atoms with Crippen molar-refractivity contribution < 1.29 is 43.3 Å². The van der Waals surface area contributed by atoms with Gasteiger partial charge in [0.15, 0.2) is 11.7 Å². The van der Waals surface area contributed by atoms with Gasteiger partial charge >= 0.3 is 17.9 Å². The van der Waals surface area contributed by atoms with Gasteiger partial charge in [0.25, 0.3) is 11.8 Å². The molecule has 1 atom stereocenters. The highest BCUT2D eigenvalue weighted by Gasteiger charge is 2.31. The normalized spacial score (nSPS) is 15.2. The number of ether oxygens (including phenoxy) is 3. The largest absolute Gasteiger partial charge is 0.500 e. The molecule has 30 heavy (non-hydrogen) atoms. The number of hydrogen-bond donors (Lipinski definition) is 1. The Morgan fingerprint density at radius 1 is 1.13 bits per heavy atom. The standard InChI is InChI=1S/C20H27NO9/c1-5-28-12-13(17(24)25)18(26)29-14(19(27)30-20(2,3)4)8-6-7-11-21-15(22)9-10-16(21)23/h9-10,12,14H,5-8,11H2,1-4H3,(H,24,25). The third-order valence-corrected chi connectivity index (χ3v) is 3.74. The van der Waals surface area contributed by atoms with E-state index in [1.807, 2.05) is 0 Å². The molecule has 1 aliphatic rings. The fraction of sp³-hybridized carbons (Fsp3) is 0.550. The van der Waals surface area contributed by atoms with E-state index in [2.05, 4.69) is 0 Å². The summed E-state index contributed by atoms with van der Waals surface area (Å²) in [4.78, 5) is 60.1. The summed E-state index contributed by atoms with van der Waals surface area (Å²) in [6.45, 7) is 6.81. The van der Waals surface area contributed by atoms with Crippen molar-refractivity contribution in [2.45, 2.75) is 58.7 Å². The lowest BCUT2D eigenvalue weighted by molar-refractivity contribution is -0.175. The molecule has 0 bridgehead atoms. The van der Waals surface area contributed by atoms with E-state index in [9.17, 15) is 24.0 Å². The SMILES string of the molecule is CCOC=C(C(=O)O)C(=O)OC(CCCCN1C(=O)C=CC1=O)C(=O)OC(C)(C)C.